The number of hydrogen-bond donors (Lipinski definition) is 2. The van der Waals surface area contributed by atoms with E-state index in [9.17, 15) is 4.39 Å². The molecule has 1 aromatic carbocycles. The zero-order valence-corrected chi connectivity index (χ0v) is 15.6. The first-order chi connectivity index (χ1) is 11.7. The maximum Gasteiger partial charge on any atom is 0.191 e. The fourth-order valence-electron chi connectivity index (χ4n) is 2.33. The van der Waals surface area contributed by atoms with Gasteiger partial charge in [-0.15, -0.1) is 0 Å². The maximum atomic E-state index is 13.8. The van der Waals surface area contributed by atoms with Crippen LogP contribution in [0.5, 0.6) is 0 Å². The summed E-state index contributed by atoms with van der Waals surface area (Å²) in [6, 6.07) is 5.01. The molecule has 1 aromatic rings. The molecule has 1 heterocycles. The van der Waals surface area contributed by atoms with Gasteiger partial charge in [-0.2, -0.15) is 0 Å². The molecule has 7 heteroatoms. The normalized spacial score (nSPS) is 18.0. The van der Waals surface area contributed by atoms with Crippen molar-refractivity contribution in [3.05, 3.63) is 34.1 Å². The van der Waals surface area contributed by atoms with Crippen LogP contribution in [0.2, 0.25) is 0 Å². The molecule has 1 saturated heterocycles. The van der Waals surface area contributed by atoms with Gasteiger partial charge in [-0.3, -0.25) is 0 Å². The van der Waals surface area contributed by atoms with Gasteiger partial charge in [-0.1, -0.05) is 22.0 Å². The van der Waals surface area contributed by atoms with Gasteiger partial charge in [0.05, 0.1) is 19.3 Å². The van der Waals surface area contributed by atoms with Crippen LogP contribution in [0.25, 0.3) is 0 Å². The van der Waals surface area contributed by atoms with Gasteiger partial charge in [-0.25, -0.2) is 9.38 Å². The van der Waals surface area contributed by atoms with Gasteiger partial charge < -0.3 is 20.1 Å². The van der Waals surface area contributed by atoms with Crippen molar-refractivity contribution in [2.24, 2.45) is 4.99 Å². The number of rotatable bonds is 8. The van der Waals surface area contributed by atoms with Gasteiger partial charge in [0.15, 0.2) is 5.96 Å². The lowest BCUT2D eigenvalue weighted by Gasteiger charge is -2.13. The Morgan fingerprint density at radius 2 is 2.33 bits per heavy atom. The summed E-state index contributed by atoms with van der Waals surface area (Å²) < 4.78 is 25.5. The predicted molar refractivity (Wildman–Crippen MR) is 96.7 cm³/mol. The van der Waals surface area contributed by atoms with Crippen LogP contribution in [0.1, 0.15) is 25.3 Å². The average Bonchev–Trinajstić information content (AvgIpc) is 3.07. The van der Waals surface area contributed by atoms with E-state index in [4.69, 9.17) is 9.47 Å². The Hall–Kier alpha value is -1.18. The SMILES string of the molecule is CCNC(=NCc1ccc(Br)cc1F)NCCCOC1CCOC1. The largest absolute Gasteiger partial charge is 0.379 e. The number of nitrogens with zero attached hydrogens (tertiary/aromatic N) is 1. The molecular formula is C17H25BrFN3O2. The third kappa shape index (κ3) is 6.75. The Kier molecular flexibility index (Phi) is 8.49. The molecule has 1 atom stereocenters. The van der Waals surface area contributed by atoms with E-state index in [1.165, 1.54) is 6.07 Å². The summed E-state index contributed by atoms with van der Waals surface area (Å²) >= 11 is 3.25. The van der Waals surface area contributed by atoms with Crippen molar-refractivity contribution < 1.29 is 13.9 Å². The minimum Gasteiger partial charge on any atom is -0.379 e. The molecule has 0 saturated carbocycles. The molecule has 1 unspecified atom stereocenters. The highest BCUT2D eigenvalue weighted by atomic mass is 79.9. The molecule has 2 N–H and O–H groups in total. The first kappa shape index (κ1) is 19.1. The van der Waals surface area contributed by atoms with Crippen LogP contribution in [0, 0.1) is 5.82 Å². The van der Waals surface area contributed by atoms with Gasteiger partial charge in [0.2, 0.25) is 0 Å². The van der Waals surface area contributed by atoms with Crippen molar-refractivity contribution in [1.82, 2.24) is 10.6 Å². The molecule has 2 rings (SSSR count). The summed E-state index contributed by atoms with van der Waals surface area (Å²) in [5.74, 6) is 0.431. The van der Waals surface area contributed by atoms with Gasteiger partial charge in [-0.05, 0) is 31.9 Å². The van der Waals surface area contributed by atoms with Gasteiger partial charge in [0, 0.05) is 36.3 Å². The van der Waals surface area contributed by atoms with Crippen LogP contribution in [0.15, 0.2) is 27.7 Å². The third-order valence-electron chi connectivity index (χ3n) is 3.62. The number of ether oxygens (including phenoxy) is 2. The minimum absolute atomic E-state index is 0.243. The molecule has 0 aliphatic carbocycles. The molecule has 5 nitrogen and oxygen atoms in total. The highest BCUT2D eigenvalue weighted by Crippen LogP contribution is 2.15. The Labute approximate surface area is 151 Å². The molecule has 24 heavy (non-hydrogen) atoms. The minimum atomic E-state index is -0.254. The summed E-state index contributed by atoms with van der Waals surface area (Å²) in [7, 11) is 0. The number of hydrogen-bond acceptors (Lipinski definition) is 3. The first-order valence-corrected chi connectivity index (χ1v) is 9.13. The second-order valence-corrected chi connectivity index (χ2v) is 6.48. The predicted octanol–water partition coefficient (Wildman–Crippen LogP) is 2.84. The van der Waals surface area contributed by atoms with Crippen LogP contribution in [0.3, 0.4) is 0 Å². The van der Waals surface area contributed by atoms with Crippen LogP contribution < -0.4 is 10.6 Å². The van der Waals surface area contributed by atoms with E-state index < -0.39 is 0 Å². The van der Waals surface area contributed by atoms with E-state index in [2.05, 4.69) is 31.6 Å². The van der Waals surface area contributed by atoms with E-state index >= 15 is 0 Å². The summed E-state index contributed by atoms with van der Waals surface area (Å²) in [5, 5.41) is 6.41. The zero-order valence-electron chi connectivity index (χ0n) is 14.0. The molecular weight excluding hydrogens is 377 g/mol. The second kappa shape index (κ2) is 10.6. The Balaban J connectivity index is 1.73. The standard InChI is InChI=1S/C17H25BrFN3O2/c1-2-20-17(21-7-3-8-24-15-6-9-23-12-15)22-11-13-4-5-14(18)10-16(13)19/h4-5,10,15H,2-3,6-9,11-12H2,1H3,(H2,20,21,22). The highest BCUT2D eigenvalue weighted by molar-refractivity contribution is 9.10. The molecule has 0 spiro atoms. The molecule has 0 amide bonds. The Morgan fingerprint density at radius 3 is 3.04 bits per heavy atom. The second-order valence-electron chi connectivity index (χ2n) is 5.57. The van der Waals surface area contributed by atoms with E-state index in [-0.39, 0.29) is 11.9 Å². The number of aliphatic imine (C=N–C) groups is 1. The van der Waals surface area contributed by atoms with Crippen molar-refractivity contribution in [3.8, 4) is 0 Å². The summed E-state index contributed by atoms with van der Waals surface area (Å²) in [6.45, 7) is 6.00. The van der Waals surface area contributed by atoms with Crippen molar-refractivity contribution in [1.29, 1.82) is 0 Å². The van der Waals surface area contributed by atoms with E-state index in [1.807, 2.05) is 13.0 Å². The molecule has 134 valence electrons. The van der Waals surface area contributed by atoms with Crippen LogP contribution in [-0.4, -0.2) is 45.0 Å². The Morgan fingerprint density at radius 1 is 1.46 bits per heavy atom. The van der Waals surface area contributed by atoms with E-state index in [1.54, 1.807) is 6.07 Å². The van der Waals surface area contributed by atoms with Crippen molar-refractivity contribution in [3.63, 3.8) is 0 Å². The zero-order chi connectivity index (χ0) is 17.2. The summed E-state index contributed by atoms with van der Waals surface area (Å²) in [4.78, 5) is 4.43. The molecule has 0 bridgehead atoms. The van der Waals surface area contributed by atoms with Gasteiger partial charge in [0.25, 0.3) is 0 Å². The van der Waals surface area contributed by atoms with Crippen molar-refractivity contribution in [2.45, 2.75) is 32.4 Å². The summed E-state index contributed by atoms with van der Waals surface area (Å²) in [5.41, 5.74) is 0.569. The van der Waals surface area contributed by atoms with E-state index in [0.717, 1.165) is 37.0 Å². The van der Waals surface area contributed by atoms with Crippen molar-refractivity contribution in [2.75, 3.05) is 32.9 Å². The maximum absolute atomic E-state index is 13.8. The first-order valence-electron chi connectivity index (χ1n) is 8.34. The quantitative estimate of drug-likeness (QED) is 0.399. The molecule has 1 aliphatic rings. The van der Waals surface area contributed by atoms with E-state index in [0.29, 0.717) is 31.3 Å². The lowest BCUT2D eigenvalue weighted by molar-refractivity contribution is 0.0420. The number of halogens is 2. The van der Waals surface area contributed by atoms with Crippen LogP contribution in [0.4, 0.5) is 4.39 Å². The monoisotopic (exact) mass is 401 g/mol. The topological polar surface area (TPSA) is 54.9 Å². The summed E-state index contributed by atoms with van der Waals surface area (Å²) in [6.07, 6.45) is 2.11. The fraction of sp³-hybridized carbons (Fsp3) is 0.588. The molecule has 1 fully saturated rings. The van der Waals surface area contributed by atoms with Crippen LogP contribution >= 0.6 is 15.9 Å². The smallest absolute Gasteiger partial charge is 0.191 e. The highest BCUT2D eigenvalue weighted by Gasteiger charge is 2.15. The number of nitrogens with one attached hydrogen (secondary N) is 2. The lowest BCUT2D eigenvalue weighted by atomic mass is 10.2. The number of guanidine groups is 1. The lowest BCUT2D eigenvalue weighted by Crippen LogP contribution is -2.38. The van der Waals surface area contributed by atoms with Crippen molar-refractivity contribution >= 4 is 21.9 Å². The average molecular weight is 402 g/mol. The Bertz CT molecular complexity index is 537. The third-order valence-corrected chi connectivity index (χ3v) is 4.12. The molecule has 0 aromatic heterocycles. The van der Waals surface area contributed by atoms with Gasteiger partial charge >= 0.3 is 0 Å². The number of benzene rings is 1. The fourth-order valence-corrected chi connectivity index (χ4v) is 2.66. The molecule has 1 aliphatic heterocycles. The molecule has 0 radical (unpaired) electrons. The van der Waals surface area contributed by atoms with Crippen LogP contribution in [-0.2, 0) is 16.0 Å². The van der Waals surface area contributed by atoms with Gasteiger partial charge in [0.1, 0.15) is 5.82 Å².